The van der Waals surface area contributed by atoms with Crippen LogP contribution in [0.5, 0.6) is 5.75 Å². The Labute approximate surface area is 102 Å². The van der Waals surface area contributed by atoms with Crippen LogP contribution in [-0.2, 0) is 0 Å². The van der Waals surface area contributed by atoms with Crippen LogP contribution < -0.4 is 4.74 Å². The van der Waals surface area contributed by atoms with Crippen molar-refractivity contribution >= 4 is 0 Å². The molecule has 0 unspecified atom stereocenters. The zero-order valence-corrected chi connectivity index (χ0v) is 10.4. The molecule has 1 saturated heterocycles. The lowest BCUT2D eigenvalue weighted by molar-refractivity contribution is 0.183. The maximum absolute atomic E-state index is 13.0. The molecule has 0 saturated carbocycles. The van der Waals surface area contributed by atoms with Crippen molar-refractivity contribution < 1.29 is 9.13 Å². The third-order valence-electron chi connectivity index (χ3n) is 3.25. The quantitative estimate of drug-likeness (QED) is 0.798. The molecular formula is C14H20FNO. The van der Waals surface area contributed by atoms with Gasteiger partial charge in [-0.05, 0) is 56.6 Å². The topological polar surface area (TPSA) is 12.5 Å². The Kier molecular flexibility index (Phi) is 4.37. The van der Waals surface area contributed by atoms with Gasteiger partial charge in [0, 0.05) is 6.54 Å². The largest absolute Gasteiger partial charge is 0.492 e. The molecule has 1 aliphatic heterocycles. The summed E-state index contributed by atoms with van der Waals surface area (Å²) >= 11 is 0. The minimum Gasteiger partial charge on any atom is -0.492 e. The van der Waals surface area contributed by atoms with Gasteiger partial charge in [0.15, 0.2) is 0 Å². The third kappa shape index (κ3) is 3.70. The van der Waals surface area contributed by atoms with Crippen molar-refractivity contribution in [2.75, 3.05) is 26.2 Å². The van der Waals surface area contributed by atoms with Crippen LogP contribution in [0.1, 0.15) is 24.8 Å². The predicted octanol–water partition coefficient (Wildman–Crippen LogP) is 3.00. The molecule has 0 aliphatic carbocycles. The summed E-state index contributed by atoms with van der Waals surface area (Å²) in [6, 6.07) is 4.91. The van der Waals surface area contributed by atoms with Crippen LogP contribution >= 0.6 is 0 Å². The Morgan fingerprint density at radius 1 is 1.24 bits per heavy atom. The van der Waals surface area contributed by atoms with E-state index in [0.717, 1.165) is 12.3 Å². The van der Waals surface area contributed by atoms with Crippen molar-refractivity contribution in [2.45, 2.75) is 26.2 Å². The monoisotopic (exact) mass is 237 g/mol. The van der Waals surface area contributed by atoms with Crippen molar-refractivity contribution in [2.24, 2.45) is 0 Å². The van der Waals surface area contributed by atoms with Gasteiger partial charge < -0.3 is 4.74 Å². The molecule has 0 amide bonds. The van der Waals surface area contributed by atoms with Gasteiger partial charge >= 0.3 is 0 Å². The van der Waals surface area contributed by atoms with E-state index in [0.29, 0.717) is 12.2 Å². The summed E-state index contributed by atoms with van der Waals surface area (Å²) < 4.78 is 18.7. The van der Waals surface area contributed by atoms with E-state index in [9.17, 15) is 4.39 Å². The number of rotatable bonds is 4. The first-order chi connectivity index (χ1) is 8.25. The smallest absolute Gasteiger partial charge is 0.126 e. The van der Waals surface area contributed by atoms with Gasteiger partial charge in [0.05, 0.1) is 0 Å². The fourth-order valence-electron chi connectivity index (χ4n) is 2.18. The molecule has 17 heavy (non-hydrogen) atoms. The Bertz CT molecular complexity index is 361. The first-order valence-electron chi connectivity index (χ1n) is 6.37. The molecule has 94 valence electrons. The van der Waals surface area contributed by atoms with E-state index in [-0.39, 0.29) is 5.82 Å². The third-order valence-corrected chi connectivity index (χ3v) is 3.25. The van der Waals surface area contributed by atoms with Crippen LogP contribution in [0.15, 0.2) is 18.2 Å². The zero-order valence-electron chi connectivity index (χ0n) is 10.4. The molecule has 1 heterocycles. The Morgan fingerprint density at radius 3 is 2.71 bits per heavy atom. The van der Waals surface area contributed by atoms with Gasteiger partial charge in [-0.2, -0.15) is 0 Å². The molecule has 0 atom stereocenters. The molecule has 1 fully saturated rings. The lowest BCUT2D eigenvalue weighted by atomic mass is 10.1. The number of hydrogen-bond donors (Lipinski definition) is 0. The van der Waals surface area contributed by atoms with Crippen LogP contribution in [-0.4, -0.2) is 31.1 Å². The number of likely N-dealkylation sites (tertiary alicyclic amines) is 1. The molecule has 2 rings (SSSR count). The second-order valence-electron chi connectivity index (χ2n) is 4.66. The van der Waals surface area contributed by atoms with Crippen LogP contribution in [0.2, 0.25) is 0 Å². The van der Waals surface area contributed by atoms with Gasteiger partial charge in [0.2, 0.25) is 0 Å². The Morgan fingerprint density at radius 2 is 2.00 bits per heavy atom. The summed E-state index contributed by atoms with van der Waals surface area (Å²) in [5.41, 5.74) is 0.639. The molecule has 0 aromatic heterocycles. The van der Waals surface area contributed by atoms with Crippen LogP contribution in [0.25, 0.3) is 0 Å². The summed E-state index contributed by atoms with van der Waals surface area (Å²) in [7, 11) is 0. The second kappa shape index (κ2) is 6.01. The highest BCUT2D eigenvalue weighted by atomic mass is 19.1. The van der Waals surface area contributed by atoms with E-state index in [1.54, 1.807) is 19.1 Å². The average molecular weight is 237 g/mol. The molecule has 0 bridgehead atoms. The number of piperidine rings is 1. The van der Waals surface area contributed by atoms with Crippen molar-refractivity contribution in [1.29, 1.82) is 0 Å². The van der Waals surface area contributed by atoms with Crippen LogP contribution in [0.3, 0.4) is 0 Å². The fraction of sp³-hybridized carbons (Fsp3) is 0.571. The maximum atomic E-state index is 13.0. The zero-order chi connectivity index (χ0) is 12.1. The predicted molar refractivity (Wildman–Crippen MR) is 66.9 cm³/mol. The van der Waals surface area contributed by atoms with E-state index in [4.69, 9.17) is 4.74 Å². The lowest BCUT2D eigenvalue weighted by Crippen LogP contribution is -2.33. The van der Waals surface area contributed by atoms with Crippen molar-refractivity contribution in [1.82, 2.24) is 4.90 Å². The Balaban J connectivity index is 1.75. The van der Waals surface area contributed by atoms with Gasteiger partial charge in [0.25, 0.3) is 0 Å². The van der Waals surface area contributed by atoms with Gasteiger partial charge in [-0.3, -0.25) is 4.90 Å². The molecular weight excluding hydrogens is 217 g/mol. The van der Waals surface area contributed by atoms with Crippen LogP contribution in [0, 0.1) is 12.7 Å². The molecule has 0 spiro atoms. The van der Waals surface area contributed by atoms with E-state index in [1.165, 1.54) is 38.4 Å². The SMILES string of the molecule is Cc1cc(OCCN2CCCCC2)ccc1F. The number of benzene rings is 1. The molecule has 1 aromatic rings. The highest BCUT2D eigenvalue weighted by Gasteiger charge is 2.09. The highest BCUT2D eigenvalue weighted by molar-refractivity contribution is 5.28. The number of aryl methyl sites for hydroxylation is 1. The van der Waals surface area contributed by atoms with E-state index < -0.39 is 0 Å². The number of nitrogens with zero attached hydrogens (tertiary/aromatic N) is 1. The van der Waals surface area contributed by atoms with Crippen molar-refractivity contribution in [3.63, 3.8) is 0 Å². The normalized spacial score (nSPS) is 17.1. The fourth-order valence-corrected chi connectivity index (χ4v) is 2.18. The summed E-state index contributed by atoms with van der Waals surface area (Å²) in [6.45, 7) is 5.78. The Hall–Kier alpha value is -1.09. The second-order valence-corrected chi connectivity index (χ2v) is 4.66. The minimum atomic E-state index is -0.173. The summed E-state index contributed by atoms with van der Waals surface area (Å²) in [4.78, 5) is 2.43. The van der Waals surface area contributed by atoms with Crippen molar-refractivity contribution in [3.05, 3.63) is 29.6 Å². The van der Waals surface area contributed by atoms with E-state index >= 15 is 0 Å². The highest BCUT2D eigenvalue weighted by Crippen LogP contribution is 2.16. The van der Waals surface area contributed by atoms with Crippen LogP contribution in [0.4, 0.5) is 4.39 Å². The maximum Gasteiger partial charge on any atom is 0.126 e. The molecule has 2 nitrogen and oxygen atoms in total. The van der Waals surface area contributed by atoms with Gasteiger partial charge in [-0.25, -0.2) is 4.39 Å². The summed E-state index contributed by atoms with van der Waals surface area (Å²) in [5, 5.41) is 0. The molecule has 3 heteroatoms. The molecule has 0 N–H and O–H groups in total. The average Bonchev–Trinajstić information content (AvgIpc) is 2.35. The number of hydrogen-bond acceptors (Lipinski definition) is 2. The molecule has 0 radical (unpaired) electrons. The molecule has 1 aliphatic rings. The van der Waals surface area contributed by atoms with Crippen molar-refractivity contribution in [3.8, 4) is 5.75 Å². The summed E-state index contributed by atoms with van der Waals surface area (Å²) in [5.74, 6) is 0.592. The first kappa shape index (κ1) is 12.4. The minimum absolute atomic E-state index is 0.173. The lowest BCUT2D eigenvalue weighted by Gasteiger charge is -2.26. The first-order valence-corrected chi connectivity index (χ1v) is 6.37. The van der Waals surface area contributed by atoms with E-state index in [2.05, 4.69) is 4.90 Å². The van der Waals surface area contributed by atoms with Gasteiger partial charge in [-0.15, -0.1) is 0 Å². The standard InChI is InChI=1S/C14H20FNO/c1-12-11-13(5-6-14(12)15)17-10-9-16-7-3-2-4-8-16/h5-6,11H,2-4,7-10H2,1H3. The number of halogens is 1. The van der Waals surface area contributed by atoms with Gasteiger partial charge in [0.1, 0.15) is 18.2 Å². The van der Waals surface area contributed by atoms with Gasteiger partial charge in [-0.1, -0.05) is 6.42 Å². The van der Waals surface area contributed by atoms with E-state index in [1.807, 2.05) is 0 Å². The molecule has 1 aromatic carbocycles. The number of ether oxygens (including phenoxy) is 1. The summed E-state index contributed by atoms with van der Waals surface area (Å²) in [6.07, 6.45) is 3.96.